The number of nitrogens with one attached hydrogen (secondary N) is 1. The zero-order chi connectivity index (χ0) is 18.7. The minimum Gasteiger partial charge on any atom is -0.307 e. The van der Waals surface area contributed by atoms with Crippen LogP contribution < -0.4 is 10.2 Å². The Morgan fingerprint density at radius 1 is 1.08 bits per heavy atom. The Hall–Kier alpha value is -2.66. The van der Waals surface area contributed by atoms with Gasteiger partial charge in [0.25, 0.3) is 0 Å². The number of amides is 2. The molecule has 0 atom stereocenters. The monoisotopic (exact) mass is 365 g/mol. The van der Waals surface area contributed by atoms with Crippen molar-refractivity contribution in [2.75, 3.05) is 16.8 Å². The third-order valence-corrected chi connectivity index (χ3v) is 5.25. The van der Waals surface area contributed by atoms with Gasteiger partial charge in [-0.1, -0.05) is 35.9 Å². The lowest BCUT2D eigenvalue weighted by Crippen LogP contribution is -2.34. The van der Waals surface area contributed by atoms with E-state index in [1.165, 1.54) is 22.5 Å². The highest BCUT2D eigenvalue weighted by Gasteiger charge is 2.18. The Kier molecular flexibility index (Phi) is 5.38. The molecule has 134 valence electrons. The highest BCUT2D eigenvalue weighted by molar-refractivity contribution is 7.14. The van der Waals surface area contributed by atoms with Crippen molar-refractivity contribution in [1.82, 2.24) is 4.98 Å². The van der Waals surface area contributed by atoms with Gasteiger partial charge in [0.15, 0.2) is 5.13 Å². The third kappa shape index (κ3) is 3.94. The number of rotatable bonds is 4. The summed E-state index contributed by atoms with van der Waals surface area (Å²) >= 11 is 1.48. The standard InChI is InChI=1S/C21H23N3OS/c1-5-24(20(25)22-18-11-8-15(3)16(4)12-18)21-23-19(13-26-21)17-9-6-14(2)7-10-17/h6-13H,5H2,1-4H3,(H,22,25). The van der Waals surface area contributed by atoms with E-state index in [4.69, 9.17) is 0 Å². The molecule has 0 aliphatic carbocycles. The van der Waals surface area contributed by atoms with Crippen LogP contribution in [-0.2, 0) is 0 Å². The summed E-state index contributed by atoms with van der Waals surface area (Å²) in [6.45, 7) is 8.66. The fourth-order valence-electron chi connectivity index (χ4n) is 2.62. The first kappa shape index (κ1) is 18.1. The van der Waals surface area contributed by atoms with Gasteiger partial charge in [0.2, 0.25) is 0 Å². The van der Waals surface area contributed by atoms with Gasteiger partial charge in [-0.25, -0.2) is 9.78 Å². The van der Waals surface area contributed by atoms with E-state index >= 15 is 0 Å². The van der Waals surface area contributed by atoms with Gasteiger partial charge in [-0.2, -0.15) is 0 Å². The van der Waals surface area contributed by atoms with E-state index in [0.717, 1.165) is 22.5 Å². The number of urea groups is 1. The molecule has 1 aromatic heterocycles. The highest BCUT2D eigenvalue weighted by Crippen LogP contribution is 2.28. The summed E-state index contributed by atoms with van der Waals surface area (Å²) in [5.74, 6) is 0. The third-order valence-electron chi connectivity index (χ3n) is 4.39. The van der Waals surface area contributed by atoms with E-state index in [1.54, 1.807) is 4.90 Å². The normalized spacial score (nSPS) is 10.6. The topological polar surface area (TPSA) is 45.2 Å². The molecule has 2 amide bonds. The predicted molar refractivity (Wildman–Crippen MR) is 110 cm³/mol. The van der Waals surface area contributed by atoms with Gasteiger partial charge in [-0.05, 0) is 51.0 Å². The van der Waals surface area contributed by atoms with Crippen LogP contribution in [0.4, 0.5) is 15.6 Å². The number of anilines is 2. The van der Waals surface area contributed by atoms with Crippen molar-refractivity contribution in [2.24, 2.45) is 0 Å². The molecule has 0 aliphatic rings. The number of hydrogen-bond acceptors (Lipinski definition) is 3. The average Bonchev–Trinajstić information content (AvgIpc) is 3.09. The number of benzene rings is 2. The number of carbonyl (C=O) groups excluding carboxylic acids is 1. The minimum atomic E-state index is -0.166. The molecule has 0 unspecified atom stereocenters. The molecular weight excluding hydrogens is 342 g/mol. The molecule has 3 rings (SSSR count). The van der Waals surface area contributed by atoms with E-state index in [0.29, 0.717) is 11.7 Å². The molecule has 2 aromatic carbocycles. The fourth-order valence-corrected chi connectivity index (χ4v) is 3.52. The molecule has 5 heteroatoms. The van der Waals surface area contributed by atoms with Crippen LogP contribution in [0, 0.1) is 20.8 Å². The Labute approximate surface area is 158 Å². The largest absolute Gasteiger partial charge is 0.328 e. The van der Waals surface area contributed by atoms with Crippen LogP contribution in [0.3, 0.4) is 0 Å². The number of aryl methyl sites for hydroxylation is 3. The summed E-state index contributed by atoms with van der Waals surface area (Å²) in [7, 11) is 0. The van der Waals surface area contributed by atoms with E-state index in [9.17, 15) is 4.79 Å². The number of carbonyl (C=O) groups is 1. The fraction of sp³-hybridized carbons (Fsp3) is 0.238. The van der Waals surface area contributed by atoms with Crippen molar-refractivity contribution >= 4 is 28.2 Å². The van der Waals surface area contributed by atoms with E-state index < -0.39 is 0 Å². The summed E-state index contributed by atoms with van der Waals surface area (Å²) < 4.78 is 0. The van der Waals surface area contributed by atoms with Gasteiger partial charge in [0.1, 0.15) is 0 Å². The summed E-state index contributed by atoms with van der Waals surface area (Å²) in [5, 5.41) is 5.66. The molecule has 0 fully saturated rings. The lowest BCUT2D eigenvalue weighted by molar-refractivity contribution is 0.257. The van der Waals surface area contributed by atoms with Gasteiger partial charge < -0.3 is 5.32 Å². The number of aromatic nitrogens is 1. The lowest BCUT2D eigenvalue weighted by Gasteiger charge is -2.18. The average molecular weight is 366 g/mol. The predicted octanol–water partition coefficient (Wildman–Crippen LogP) is 5.79. The number of thiazole rings is 1. The molecule has 4 nitrogen and oxygen atoms in total. The molecular formula is C21H23N3OS. The van der Waals surface area contributed by atoms with Gasteiger partial charge >= 0.3 is 6.03 Å². The van der Waals surface area contributed by atoms with Crippen molar-refractivity contribution in [3.8, 4) is 11.3 Å². The molecule has 0 saturated heterocycles. The van der Waals surface area contributed by atoms with E-state index in [1.807, 2.05) is 37.4 Å². The number of hydrogen-bond donors (Lipinski definition) is 1. The summed E-state index contributed by atoms with van der Waals surface area (Å²) in [6.07, 6.45) is 0. The van der Waals surface area contributed by atoms with Gasteiger partial charge in [0.05, 0.1) is 5.69 Å². The molecule has 1 N–H and O–H groups in total. The van der Waals surface area contributed by atoms with Gasteiger partial charge in [-0.3, -0.25) is 4.90 Å². The molecule has 0 radical (unpaired) electrons. The van der Waals surface area contributed by atoms with Crippen LogP contribution in [0.5, 0.6) is 0 Å². The van der Waals surface area contributed by atoms with Crippen LogP contribution >= 0.6 is 11.3 Å². The summed E-state index contributed by atoms with van der Waals surface area (Å²) in [4.78, 5) is 19.0. The Balaban J connectivity index is 1.78. The second kappa shape index (κ2) is 7.70. The Morgan fingerprint density at radius 3 is 2.46 bits per heavy atom. The zero-order valence-electron chi connectivity index (χ0n) is 15.5. The van der Waals surface area contributed by atoms with Crippen molar-refractivity contribution in [3.05, 3.63) is 64.5 Å². The van der Waals surface area contributed by atoms with Crippen LogP contribution in [0.2, 0.25) is 0 Å². The highest BCUT2D eigenvalue weighted by atomic mass is 32.1. The molecule has 0 aliphatic heterocycles. The maximum atomic E-state index is 12.7. The first-order valence-corrected chi connectivity index (χ1v) is 9.54. The quantitative estimate of drug-likeness (QED) is 0.635. The Morgan fingerprint density at radius 2 is 1.81 bits per heavy atom. The second-order valence-corrected chi connectivity index (χ2v) is 7.19. The van der Waals surface area contributed by atoms with Crippen molar-refractivity contribution < 1.29 is 4.79 Å². The maximum absolute atomic E-state index is 12.7. The van der Waals surface area contributed by atoms with Gasteiger partial charge in [0, 0.05) is 23.2 Å². The smallest absolute Gasteiger partial charge is 0.307 e. The van der Waals surface area contributed by atoms with Crippen LogP contribution in [0.15, 0.2) is 47.8 Å². The SMILES string of the molecule is CCN(C(=O)Nc1ccc(C)c(C)c1)c1nc(-c2ccc(C)cc2)cs1. The van der Waals surface area contributed by atoms with Crippen molar-refractivity contribution in [3.63, 3.8) is 0 Å². The maximum Gasteiger partial charge on any atom is 0.328 e. The van der Waals surface area contributed by atoms with Crippen molar-refractivity contribution in [1.29, 1.82) is 0 Å². The molecule has 0 spiro atoms. The van der Waals surface area contributed by atoms with Crippen LogP contribution in [0.1, 0.15) is 23.6 Å². The molecule has 0 saturated carbocycles. The van der Waals surface area contributed by atoms with Crippen LogP contribution in [-0.4, -0.2) is 17.6 Å². The zero-order valence-corrected chi connectivity index (χ0v) is 16.4. The van der Waals surface area contributed by atoms with Crippen molar-refractivity contribution in [2.45, 2.75) is 27.7 Å². The lowest BCUT2D eigenvalue weighted by atomic mass is 10.1. The van der Waals surface area contributed by atoms with Gasteiger partial charge in [-0.15, -0.1) is 11.3 Å². The van der Waals surface area contributed by atoms with E-state index in [2.05, 4.69) is 48.4 Å². The van der Waals surface area contributed by atoms with E-state index in [-0.39, 0.29) is 6.03 Å². The minimum absolute atomic E-state index is 0.166. The first-order valence-electron chi connectivity index (χ1n) is 8.66. The molecule has 0 bridgehead atoms. The summed E-state index contributed by atoms with van der Waals surface area (Å²) in [5.41, 5.74) is 6.32. The van der Waals surface area contributed by atoms with Crippen LogP contribution in [0.25, 0.3) is 11.3 Å². The number of nitrogens with zero attached hydrogens (tertiary/aromatic N) is 2. The second-order valence-electron chi connectivity index (χ2n) is 6.35. The first-order chi connectivity index (χ1) is 12.5. The Bertz CT molecular complexity index is 915. The molecule has 3 aromatic rings. The summed E-state index contributed by atoms with van der Waals surface area (Å²) in [6, 6.07) is 14.0. The molecule has 1 heterocycles. The molecule has 26 heavy (non-hydrogen) atoms.